The molecule has 0 radical (unpaired) electrons. The Kier molecular flexibility index (Phi) is 4.95. The second-order valence-electron chi connectivity index (χ2n) is 6.50. The quantitative estimate of drug-likeness (QED) is 0.850. The van der Waals surface area contributed by atoms with Crippen molar-refractivity contribution in [1.29, 1.82) is 0 Å². The van der Waals surface area contributed by atoms with Gasteiger partial charge in [-0.05, 0) is 18.6 Å². The molecule has 0 bridgehead atoms. The van der Waals surface area contributed by atoms with Crippen LogP contribution in [0.2, 0.25) is 0 Å². The van der Waals surface area contributed by atoms with Gasteiger partial charge in [-0.2, -0.15) is 13.2 Å². The van der Waals surface area contributed by atoms with Crippen molar-refractivity contribution in [3.63, 3.8) is 0 Å². The van der Waals surface area contributed by atoms with Crippen molar-refractivity contribution in [2.75, 3.05) is 7.05 Å². The lowest BCUT2D eigenvalue weighted by molar-refractivity contribution is -0.113. The minimum Gasteiger partial charge on any atom is -0.302 e. The molecule has 0 amide bonds. The Balaban J connectivity index is 1.98. The van der Waals surface area contributed by atoms with Gasteiger partial charge in [0.05, 0.1) is 0 Å². The lowest BCUT2D eigenvalue weighted by Gasteiger charge is -2.31. The lowest BCUT2D eigenvalue weighted by atomic mass is 9.80. The molecule has 0 aromatic heterocycles. The number of benzene rings is 1. The van der Waals surface area contributed by atoms with Crippen molar-refractivity contribution in [2.45, 2.75) is 32.4 Å². The van der Waals surface area contributed by atoms with Crippen LogP contribution >= 0.6 is 0 Å². The van der Waals surface area contributed by atoms with Crippen molar-refractivity contribution in [3.05, 3.63) is 70.1 Å². The third-order valence-corrected chi connectivity index (χ3v) is 4.60. The number of nitrogens with zero attached hydrogens (tertiary/aromatic N) is 1. The highest BCUT2D eigenvalue weighted by Gasteiger charge is 2.38. The lowest BCUT2D eigenvalue weighted by Crippen LogP contribution is -2.41. The van der Waals surface area contributed by atoms with E-state index in [-0.39, 0.29) is 18.0 Å². The minimum atomic E-state index is -4.48. The number of carbonyl (C=O) groups excluding carboxylic acids is 2. The monoisotopic (exact) mass is 376 g/mol. The molecule has 1 heterocycles. The first-order chi connectivity index (χ1) is 12.7. The number of halogens is 3. The molecule has 2 aliphatic rings. The fourth-order valence-corrected chi connectivity index (χ4v) is 3.36. The molecule has 1 aromatic rings. The predicted molar refractivity (Wildman–Crippen MR) is 94.8 cm³/mol. The van der Waals surface area contributed by atoms with Crippen LogP contribution < -0.4 is 5.43 Å². The average molecular weight is 376 g/mol. The Morgan fingerprint density at radius 1 is 1.00 bits per heavy atom. The Bertz CT molecular complexity index is 895. The molecule has 27 heavy (non-hydrogen) atoms. The highest BCUT2D eigenvalue weighted by atomic mass is 19.4. The van der Waals surface area contributed by atoms with E-state index in [1.807, 2.05) is 6.92 Å². The van der Waals surface area contributed by atoms with E-state index in [9.17, 15) is 22.8 Å². The third kappa shape index (κ3) is 3.54. The summed E-state index contributed by atoms with van der Waals surface area (Å²) in [5.74, 6) is -0.428. The van der Waals surface area contributed by atoms with Crippen LogP contribution in [0.1, 0.15) is 46.9 Å². The second-order valence-corrected chi connectivity index (χ2v) is 6.50. The molecule has 3 rings (SSSR count). The smallest absolute Gasteiger partial charge is 0.302 e. The predicted octanol–water partition coefficient (Wildman–Crippen LogP) is 4.33. The van der Waals surface area contributed by atoms with Crippen LogP contribution in [0.5, 0.6) is 0 Å². The van der Waals surface area contributed by atoms with Crippen LogP contribution in [0.4, 0.5) is 13.2 Å². The topological polar surface area (TPSA) is 49.4 Å². The minimum absolute atomic E-state index is 0.0697. The van der Waals surface area contributed by atoms with E-state index in [0.717, 1.165) is 11.1 Å². The van der Waals surface area contributed by atoms with E-state index in [1.165, 1.54) is 13.1 Å². The summed E-state index contributed by atoms with van der Waals surface area (Å²) < 4.78 is 38.8. The van der Waals surface area contributed by atoms with Gasteiger partial charge in [-0.15, -0.1) is 0 Å². The summed E-state index contributed by atoms with van der Waals surface area (Å²) in [6, 6.07) is 6.64. The van der Waals surface area contributed by atoms with Gasteiger partial charge in [0.15, 0.2) is 11.6 Å². The number of hydrazine groups is 1. The van der Waals surface area contributed by atoms with Crippen molar-refractivity contribution < 1.29 is 22.8 Å². The Hall–Kier alpha value is -2.83. The van der Waals surface area contributed by atoms with Crippen LogP contribution in [-0.4, -0.2) is 29.8 Å². The van der Waals surface area contributed by atoms with E-state index in [4.69, 9.17) is 0 Å². The fourth-order valence-electron chi connectivity index (χ4n) is 3.36. The number of rotatable bonds is 4. The number of Topliss-reactive ketones (excluding diaryl/α,β-unsaturated/α-hetero) is 2. The summed E-state index contributed by atoms with van der Waals surface area (Å²) in [5, 5.41) is 0.873. The fraction of sp³-hybridized carbons (Fsp3) is 0.300. The summed E-state index contributed by atoms with van der Waals surface area (Å²) in [4.78, 5) is 25.8. The molecule has 1 N–H and O–H groups in total. The molecule has 0 atom stereocenters. The first-order valence-electron chi connectivity index (χ1n) is 8.63. The van der Waals surface area contributed by atoms with Crippen LogP contribution in [0, 0.1) is 0 Å². The van der Waals surface area contributed by atoms with Gasteiger partial charge in [0.1, 0.15) is 5.70 Å². The number of hydrogen-bond acceptors (Lipinski definition) is 4. The van der Waals surface area contributed by atoms with Crippen LogP contribution in [0.15, 0.2) is 59.0 Å². The van der Waals surface area contributed by atoms with Crippen LogP contribution in [0.3, 0.4) is 0 Å². The van der Waals surface area contributed by atoms with Crippen molar-refractivity contribution in [3.8, 4) is 0 Å². The standard InChI is InChI=1S/C20H19F3N2O2/c1-3-6-13-16(19(27)15-8-5-4-7-14(15)18(13)26)11-12-9-10-17(20(21,22)23)25(2)24-12/h4-5,7-10,24H,3,6,11H2,1-2H3. The summed E-state index contributed by atoms with van der Waals surface area (Å²) in [6.07, 6.45) is -1.01. The molecule has 0 unspecified atom stereocenters. The summed E-state index contributed by atoms with van der Waals surface area (Å²) in [6.45, 7) is 1.91. The summed E-state index contributed by atoms with van der Waals surface area (Å²) in [5.41, 5.74) is 3.76. The zero-order valence-electron chi connectivity index (χ0n) is 15.0. The molecule has 1 aliphatic carbocycles. The molecular weight excluding hydrogens is 357 g/mol. The first kappa shape index (κ1) is 18.9. The molecule has 0 spiro atoms. The average Bonchev–Trinajstić information content (AvgIpc) is 2.61. The summed E-state index contributed by atoms with van der Waals surface area (Å²) >= 11 is 0. The van der Waals surface area contributed by atoms with Crippen LogP contribution in [-0.2, 0) is 0 Å². The van der Waals surface area contributed by atoms with Gasteiger partial charge >= 0.3 is 6.18 Å². The van der Waals surface area contributed by atoms with Gasteiger partial charge in [-0.1, -0.05) is 37.6 Å². The van der Waals surface area contributed by atoms with Crippen LogP contribution in [0.25, 0.3) is 0 Å². The van der Waals surface area contributed by atoms with Crippen molar-refractivity contribution in [2.24, 2.45) is 0 Å². The maximum Gasteiger partial charge on any atom is 0.432 e. The number of hydrogen-bond donors (Lipinski definition) is 1. The second kappa shape index (κ2) is 7.06. The highest BCUT2D eigenvalue weighted by molar-refractivity contribution is 6.27. The maximum atomic E-state index is 13.0. The molecular formula is C20H19F3N2O2. The molecule has 0 saturated heterocycles. The third-order valence-electron chi connectivity index (χ3n) is 4.60. The van der Waals surface area contributed by atoms with Crippen molar-refractivity contribution in [1.82, 2.24) is 10.4 Å². The SMILES string of the molecule is CCCC1=C(CC2=CC=C(C(F)(F)F)N(C)N2)C(=O)c2ccccc2C1=O. The molecule has 142 valence electrons. The van der Waals surface area contributed by atoms with E-state index in [2.05, 4.69) is 5.43 Å². The van der Waals surface area contributed by atoms with E-state index < -0.39 is 11.9 Å². The number of carbonyl (C=O) groups is 2. The molecule has 1 aliphatic heterocycles. The van der Waals surface area contributed by atoms with E-state index in [0.29, 0.717) is 40.8 Å². The van der Waals surface area contributed by atoms with Gasteiger partial charge in [0, 0.05) is 41.4 Å². The molecule has 0 fully saturated rings. The van der Waals surface area contributed by atoms with E-state index >= 15 is 0 Å². The largest absolute Gasteiger partial charge is 0.432 e. The van der Waals surface area contributed by atoms with Gasteiger partial charge < -0.3 is 5.43 Å². The molecule has 0 saturated carbocycles. The van der Waals surface area contributed by atoms with E-state index in [1.54, 1.807) is 24.3 Å². The number of allylic oxidation sites excluding steroid dienone is 5. The number of fused-ring (bicyclic) bond motifs is 1. The highest BCUT2D eigenvalue weighted by Crippen LogP contribution is 2.34. The number of alkyl halides is 3. The number of ketones is 2. The van der Waals surface area contributed by atoms with Gasteiger partial charge in [0.25, 0.3) is 0 Å². The molecule has 4 nitrogen and oxygen atoms in total. The normalized spacial score (nSPS) is 17.4. The summed E-state index contributed by atoms with van der Waals surface area (Å²) in [7, 11) is 1.26. The zero-order chi connectivity index (χ0) is 19.8. The molecule has 7 heteroatoms. The zero-order valence-corrected chi connectivity index (χ0v) is 15.0. The van der Waals surface area contributed by atoms with Gasteiger partial charge in [0.2, 0.25) is 0 Å². The maximum absolute atomic E-state index is 13.0. The van der Waals surface area contributed by atoms with Gasteiger partial charge in [-0.3, -0.25) is 14.6 Å². The Labute approximate surface area is 155 Å². The van der Waals surface area contributed by atoms with Gasteiger partial charge in [-0.25, -0.2) is 0 Å². The Morgan fingerprint density at radius 3 is 2.11 bits per heavy atom. The molecule has 1 aromatic carbocycles. The Morgan fingerprint density at radius 2 is 1.59 bits per heavy atom. The van der Waals surface area contributed by atoms with Crippen molar-refractivity contribution >= 4 is 11.6 Å². The first-order valence-corrected chi connectivity index (χ1v) is 8.63. The number of nitrogens with one attached hydrogen (secondary N) is 1.